The maximum atomic E-state index is 12.0. The Morgan fingerprint density at radius 3 is 2.75 bits per heavy atom. The summed E-state index contributed by atoms with van der Waals surface area (Å²) in [7, 11) is 0. The fourth-order valence-corrected chi connectivity index (χ4v) is 2.56. The van der Waals surface area contributed by atoms with Crippen molar-refractivity contribution in [1.29, 1.82) is 5.26 Å². The van der Waals surface area contributed by atoms with Gasteiger partial charge in [-0.1, -0.05) is 29.3 Å². The van der Waals surface area contributed by atoms with Crippen LogP contribution in [0.2, 0.25) is 10.0 Å². The quantitative estimate of drug-likeness (QED) is 0.663. The molecule has 0 spiro atoms. The van der Waals surface area contributed by atoms with Gasteiger partial charge in [0.1, 0.15) is 11.6 Å². The minimum absolute atomic E-state index is 0.0125. The third kappa shape index (κ3) is 3.61. The number of carbonyl (C=O) groups is 1. The molecule has 1 amide bonds. The Morgan fingerprint density at radius 1 is 1.35 bits per heavy atom. The van der Waals surface area contributed by atoms with Gasteiger partial charge in [-0.05, 0) is 35.7 Å². The van der Waals surface area contributed by atoms with Crippen LogP contribution in [0.15, 0.2) is 41.3 Å². The second kappa shape index (κ2) is 6.58. The van der Waals surface area contributed by atoms with Crippen molar-refractivity contribution in [3.63, 3.8) is 0 Å². The Balaban J connectivity index is 2.20. The lowest BCUT2D eigenvalue weighted by Gasteiger charge is -2.06. The molecule has 0 radical (unpaired) electrons. The monoisotopic (exact) mass is 322 g/mol. The molecule has 0 bridgehead atoms. The third-order valence-corrected chi connectivity index (χ3v) is 3.74. The molecule has 1 N–H and O–H groups in total. The van der Waals surface area contributed by atoms with E-state index in [4.69, 9.17) is 28.5 Å². The van der Waals surface area contributed by atoms with E-state index in [-0.39, 0.29) is 5.57 Å². The second-order valence-corrected chi connectivity index (χ2v) is 5.59. The molecule has 0 aliphatic heterocycles. The van der Waals surface area contributed by atoms with Crippen molar-refractivity contribution < 1.29 is 4.79 Å². The summed E-state index contributed by atoms with van der Waals surface area (Å²) in [5.74, 6) is -0.509. The van der Waals surface area contributed by atoms with Crippen LogP contribution in [0.3, 0.4) is 0 Å². The van der Waals surface area contributed by atoms with Crippen molar-refractivity contribution in [2.45, 2.75) is 0 Å². The minimum atomic E-state index is -0.509. The molecule has 6 heteroatoms. The van der Waals surface area contributed by atoms with Gasteiger partial charge in [-0.15, -0.1) is 11.3 Å². The van der Waals surface area contributed by atoms with Gasteiger partial charge in [0, 0.05) is 9.90 Å². The van der Waals surface area contributed by atoms with Crippen LogP contribution in [-0.2, 0) is 4.79 Å². The van der Waals surface area contributed by atoms with Crippen molar-refractivity contribution in [2.24, 2.45) is 0 Å². The topological polar surface area (TPSA) is 52.9 Å². The number of nitriles is 1. The minimum Gasteiger partial charge on any atom is -0.320 e. The number of hydrogen-bond donors (Lipinski definition) is 1. The smallest absolute Gasteiger partial charge is 0.266 e. The highest BCUT2D eigenvalue weighted by atomic mass is 35.5. The number of anilines is 1. The fraction of sp³-hybridized carbons (Fsp3) is 0. The molecule has 1 aromatic carbocycles. The molecule has 1 heterocycles. The zero-order chi connectivity index (χ0) is 14.5. The first-order chi connectivity index (χ1) is 9.60. The number of nitrogens with one attached hydrogen (secondary N) is 1. The predicted octanol–water partition coefficient (Wildman–Crippen LogP) is 4.60. The van der Waals surface area contributed by atoms with Crippen molar-refractivity contribution in [3.05, 3.63) is 56.2 Å². The first-order valence-corrected chi connectivity index (χ1v) is 7.15. The lowest BCUT2D eigenvalue weighted by molar-refractivity contribution is -0.112. The lowest BCUT2D eigenvalue weighted by Crippen LogP contribution is -2.13. The molecule has 0 fully saturated rings. The van der Waals surface area contributed by atoms with Gasteiger partial charge in [-0.2, -0.15) is 5.26 Å². The molecule has 100 valence electrons. The summed E-state index contributed by atoms with van der Waals surface area (Å²) in [5, 5.41) is 14.3. The molecule has 0 atom stereocenters. The fourth-order valence-electron chi connectivity index (χ4n) is 1.44. The van der Waals surface area contributed by atoms with E-state index in [1.807, 2.05) is 23.6 Å². The van der Waals surface area contributed by atoms with Crippen LogP contribution in [0.4, 0.5) is 5.69 Å². The van der Waals surface area contributed by atoms with Gasteiger partial charge < -0.3 is 5.32 Å². The molecule has 0 unspecified atom stereocenters. The van der Waals surface area contributed by atoms with E-state index in [2.05, 4.69) is 5.32 Å². The lowest BCUT2D eigenvalue weighted by atomic mass is 10.2. The van der Waals surface area contributed by atoms with Crippen LogP contribution in [0.5, 0.6) is 0 Å². The molecule has 1 aromatic heterocycles. The normalized spacial score (nSPS) is 10.9. The number of carbonyl (C=O) groups excluding carboxylic acids is 1. The van der Waals surface area contributed by atoms with Crippen molar-refractivity contribution in [2.75, 3.05) is 5.32 Å². The zero-order valence-corrected chi connectivity index (χ0v) is 12.4. The SMILES string of the molecule is N#C/C(=C/c1cccs1)C(=O)Nc1ccc(Cl)cc1Cl. The predicted molar refractivity (Wildman–Crippen MR) is 83.0 cm³/mol. The van der Waals surface area contributed by atoms with E-state index >= 15 is 0 Å². The summed E-state index contributed by atoms with van der Waals surface area (Å²) in [6, 6.07) is 10.3. The molecule has 3 nitrogen and oxygen atoms in total. The molecule has 0 saturated carbocycles. The van der Waals surface area contributed by atoms with Gasteiger partial charge in [0.05, 0.1) is 10.7 Å². The van der Waals surface area contributed by atoms with Crippen molar-refractivity contribution in [1.82, 2.24) is 0 Å². The molecular formula is C14H8Cl2N2OS. The Morgan fingerprint density at radius 2 is 2.15 bits per heavy atom. The number of hydrogen-bond acceptors (Lipinski definition) is 3. The first kappa shape index (κ1) is 14.6. The number of amides is 1. The van der Waals surface area contributed by atoms with Gasteiger partial charge in [0.2, 0.25) is 0 Å². The van der Waals surface area contributed by atoms with Crippen molar-refractivity contribution in [3.8, 4) is 6.07 Å². The highest BCUT2D eigenvalue weighted by Crippen LogP contribution is 2.26. The maximum Gasteiger partial charge on any atom is 0.266 e. The third-order valence-electron chi connectivity index (χ3n) is 2.37. The van der Waals surface area contributed by atoms with Crippen LogP contribution >= 0.6 is 34.5 Å². The summed E-state index contributed by atoms with van der Waals surface area (Å²) in [4.78, 5) is 12.9. The van der Waals surface area contributed by atoms with E-state index in [0.717, 1.165) is 4.88 Å². The maximum absolute atomic E-state index is 12.0. The molecule has 0 saturated heterocycles. The summed E-state index contributed by atoms with van der Waals surface area (Å²) in [6.07, 6.45) is 1.53. The summed E-state index contributed by atoms with van der Waals surface area (Å²) < 4.78 is 0. The van der Waals surface area contributed by atoms with Gasteiger partial charge in [0.15, 0.2) is 0 Å². The van der Waals surface area contributed by atoms with Crippen molar-refractivity contribution >= 4 is 52.2 Å². The standard InChI is InChI=1S/C14H8Cl2N2OS/c15-10-3-4-13(12(16)7-10)18-14(19)9(8-17)6-11-2-1-5-20-11/h1-7H,(H,18,19)/b9-6-. The second-order valence-electron chi connectivity index (χ2n) is 3.76. The first-order valence-electron chi connectivity index (χ1n) is 5.52. The molecule has 0 aliphatic rings. The van der Waals surface area contributed by atoms with Crippen LogP contribution in [0.25, 0.3) is 6.08 Å². The van der Waals surface area contributed by atoms with Crippen LogP contribution in [0.1, 0.15) is 4.88 Å². The van der Waals surface area contributed by atoms with E-state index < -0.39 is 5.91 Å². The summed E-state index contributed by atoms with van der Waals surface area (Å²) in [5.41, 5.74) is 0.423. The number of benzene rings is 1. The zero-order valence-electron chi connectivity index (χ0n) is 10.1. The molecule has 20 heavy (non-hydrogen) atoms. The number of thiophene rings is 1. The highest BCUT2D eigenvalue weighted by Gasteiger charge is 2.11. The van der Waals surface area contributed by atoms with E-state index in [0.29, 0.717) is 15.7 Å². The largest absolute Gasteiger partial charge is 0.320 e. The van der Waals surface area contributed by atoms with Crippen LogP contribution in [-0.4, -0.2) is 5.91 Å². The Labute approximate surface area is 130 Å². The Kier molecular flexibility index (Phi) is 4.80. The van der Waals surface area contributed by atoms with E-state index in [1.54, 1.807) is 12.1 Å². The van der Waals surface area contributed by atoms with Crippen LogP contribution < -0.4 is 5.32 Å². The van der Waals surface area contributed by atoms with Gasteiger partial charge in [-0.25, -0.2) is 0 Å². The van der Waals surface area contributed by atoms with Crippen LogP contribution in [0, 0.1) is 11.3 Å². The van der Waals surface area contributed by atoms with E-state index in [9.17, 15) is 4.79 Å². The molecule has 2 aromatic rings. The highest BCUT2D eigenvalue weighted by molar-refractivity contribution is 7.10. The van der Waals surface area contributed by atoms with E-state index in [1.165, 1.54) is 23.5 Å². The van der Waals surface area contributed by atoms with Gasteiger partial charge >= 0.3 is 0 Å². The van der Waals surface area contributed by atoms with Gasteiger partial charge in [0.25, 0.3) is 5.91 Å². The summed E-state index contributed by atoms with van der Waals surface area (Å²) in [6.45, 7) is 0. The summed E-state index contributed by atoms with van der Waals surface area (Å²) >= 11 is 13.2. The molecule has 2 rings (SSSR count). The average Bonchev–Trinajstić information content (AvgIpc) is 2.92. The van der Waals surface area contributed by atoms with Gasteiger partial charge in [-0.3, -0.25) is 4.79 Å². The number of halogens is 2. The number of nitrogens with zero attached hydrogens (tertiary/aromatic N) is 1. The number of rotatable bonds is 3. The molecular weight excluding hydrogens is 315 g/mol. The Bertz CT molecular complexity index is 702. The molecule has 0 aliphatic carbocycles. The Hall–Kier alpha value is -1.80. The average molecular weight is 323 g/mol.